The highest BCUT2D eigenvalue weighted by molar-refractivity contribution is 6.10. The van der Waals surface area contributed by atoms with Crippen molar-refractivity contribution in [3.8, 4) is 11.3 Å². The van der Waals surface area contributed by atoms with Crippen LogP contribution in [0.2, 0.25) is 0 Å². The molecule has 0 amide bonds. The highest BCUT2D eigenvalue weighted by atomic mass is 16.3. The van der Waals surface area contributed by atoms with Gasteiger partial charge in [0.25, 0.3) is 0 Å². The lowest BCUT2D eigenvalue weighted by Crippen LogP contribution is -2.10. The minimum absolute atomic E-state index is 0.0256. The van der Waals surface area contributed by atoms with Gasteiger partial charge in [-0.2, -0.15) is 0 Å². The molecule has 0 fully saturated rings. The summed E-state index contributed by atoms with van der Waals surface area (Å²) in [5, 5.41) is 0.750. The molecular weight excluding hydrogens is 416 g/mol. The molecule has 0 aliphatic rings. The van der Waals surface area contributed by atoms with Crippen LogP contribution < -0.4 is 0 Å². The first-order valence-corrected chi connectivity index (χ1v) is 11.2. The second kappa shape index (κ2) is 8.39. The number of fused-ring (bicyclic) bond motifs is 3. The maximum atomic E-state index is 9.05. The first-order valence-electron chi connectivity index (χ1n) is 15.7. The van der Waals surface area contributed by atoms with E-state index in [0.717, 1.165) is 11.8 Å². The van der Waals surface area contributed by atoms with Gasteiger partial charge in [0.15, 0.2) is 0 Å². The van der Waals surface area contributed by atoms with Crippen LogP contribution in [0.3, 0.4) is 0 Å². The number of aryl methyl sites for hydroxylation is 2. The zero-order chi connectivity index (χ0) is 31.8. The van der Waals surface area contributed by atoms with Crippen LogP contribution in [0.1, 0.15) is 73.9 Å². The van der Waals surface area contributed by atoms with Crippen LogP contribution >= 0.6 is 0 Å². The van der Waals surface area contributed by atoms with Crippen LogP contribution in [0, 0.1) is 19.1 Å². The number of nitrogens with zero attached hydrogens (tertiary/aromatic N) is 2. The molecule has 0 bridgehead atoms. The van der Waals surface area contributed by atoms with Gasteiger partial charge in [-0.05, 0) is 72.0 Å². The molecule has 1 unspecified atom stereocenters. The zero-order valence-corrected chi connectivity index (χ0v) is 19.7. The van der Waals surface area contributed by atoms with Gasteiger partial charge in [-0.25, -0.2) is 4.98 Å². The third-order valence-corrected chi connectivity index (χ3v) is 5.77. The Morgan fingerprint density at radius 2 is 1.82 bits per heavy atom. The van der Waals surface area contributed by atoms with E-state index in [9.17, 15) is 0 Å². The van der Waals surface area contributed by atoms with Crippen molar-refractivity contribution in [2.45, 2.75) is 53.7 Å². The van der Waals surface area contributed by atoms with E-state index in [1.165, 1.54) is 12.1 Å². The normalized spacial score (nSPS) is 19.0. The molecular formula is C31H32N2O. The van der Waals surface area contributed by atoms with E-state index in [-0.39, 0.29) is 33.7 Å². The molecule has 5 aromatic rings. The van der Waals surface area contributed by atoms with Gasteiger partial charge in [-0.1, -0.05) is 64.1 Å². The Labute approximate surface area is 214 Å². The molecule has 0 saturated heterocycles. The van der Waals surface area contributed by atoms with Crippen molar-refractivity contribution in [2.24, 2.45) is 5.41 Å². The number of pyridine rings is 2. The van der Waals surface area contributed by atoms with Crippen molar-refractivity contribution in [2.75, 3.05) is 0 Å². The van der Waals surface area contributed by atoms with Crippen LogP contribution in [0.4, 0.5) is 0 Å². The molecule has 0 aliphatic heterocycles. The first-order chi connectivity index (χ1) is 19.7. The molecule has 0 saturated carbocycles. The fourth-order valence-corrected chi connectivity index (χ4v) is 4.12. The molecule has 3 heterocycles. The minimum atomic E-state index is -2.61. The molecule has 5 rings (SSSR count). The minimum Gasteiger partial charge on any atom is -0.437 e. The maximum Gasteiger partial charge on any atom is 0.227 e. The van der Waals surface area contributed by atoms with Crippen molar-refractivity contribution >= 4 is 22.1 Å². The standard InChI is InChI=1S/C31H32N2O/c1-19-12-13-24(27-16-23(17-31(4,5)6)20(2)18-32-27)29-28(19)25-14-15-26(33-30(25)34-29)21(3)22-10-8-7-9-11-22/h7-16,18,21H,17H2,1-6H3/i1D3,2D3,17D2,21D. The van der Waals surface area contributed by atoms with Gasteiger partial charge in [0, 0.05) is 40.8 Å². The summed E-state index contributed by atoms with van der Waals surface area (Å²) in [6.07, 6.45) is -0.887. The quantitative estimate of drug-likeness (QED) is 0.272. The molecule has 0 N–H and O–H groups in total. The second-order valence-corrected chi connectivity index (χ2v) is 9.50. The van der Waals surface area contributed by atoms with Gasteiger partial charge < -0.3 is 4.42 Å². The van der Waals surface area contributed by atoms with Crippen LogP contribution in [-0.4, -0.2) is 9.97 Å². The van der Waals surface area contributed by atoms with Crippen LogP contribution in [0.5, 0.6) is 0 Å². The van der Waals surface area contributed by atoms with Gasteiger partial charge in [0.1, 0.15) is 5.58 Å². The Bertz CT molecular complexity index is 1830. The second-order valence-electron chi connectivity index (χ2n) is 9.50. The van der Waals surface area contributed by atoms with Crippen molar-refractivity contribution in [1.29, 1.82) is 0 Å². The van der Waals surface area contributed by atoms with E-state index in [4.69, 9.17) is 16.8 Å². The SMILES string of the molecule is [2H]C([2H])([2H])c1cnc(-c2ccc(C([2H])([2H])[2H])c3c2oc2nc(C([2H])(C)c4ccccc4)ccc23)cc1C([2H])([2H])C(C)(C)C. The molecule has 3 nitrogen and oxygen atoms in total. The van der Waals surface area contributed by atoms with Gasteiger partial charge in [0.05, 0.1) is 11.4 Å². The lowest BCUT2D eigenvalue weighted by molar-refractivity contribution is 0.410. The molecule has 34 heavy (non-hydrogen) atoms. The molecule has 3 heteroatoms. The van der Waals surface area contributed by atoms with E-state index >= 15 is 0 Å². The summed E-state index contributed by atoms with van der Waals surface area (Å²) < 4.78 is 81.7. The van der Waals surface area contributed by atoms with Gasteiger partial charge in [-0.15, -0.1) is 0 Å². The summed E-state index contributed by atoms with van der Waals surface area (Å²) >= 11 is 0. The zero-order valence-electron chi connectivity index (χ0n) is 28.7. The predicted molar refractivity (Wildman–Crippen MR) is 141 cm³/mol. The van der Waals surface area contributed by atoms with Gasteiger partial charge in [0.2, 0.25) is 5.71 Å². The monoisotopic (exact) mass is 457 g/mol. The highest BCUT2D eigenvalue weighted by Crippen LogP contribution is 2.38. The van der Waals surface area contributed by atoms with E-state index in [1.807, 2.05) is 30.3 Å². The van der Waals surface area contributed by atoms with E-state index < -0.39 is 31.4 Å². The average molecular weight is 458 g/mol. The summed E-state index contributed by atoms with van der Waals surface area (Å²) in [6.45, 7) is 1.70. The van der Waals surface area contributed by atoms with Crippen LogP contribution in [0.25, 0.3) is 33.3 Å². The summed E-state index contributed by atoms with van der Waals surface area (Å²) in [7, 11) is 0. The molecule has 2 aromatic carbocycles. The third-order valence-electron chi connectivity index (χ3n) is 5.77. The van der Waals surface area contributed by atoms with E-state index in [1.54, 1.807) is 45.9 Å². The van der Waals surface area contributed by atoms with Crippen molar-refractivity contribution in [3.05, 3.63) is 94.8 Å². The number of hydrogen-bond acceptors (Lipinski definition) is 3. The number of rotatable bonds is 4. The molecule has 3 aromatic heterocycles. The number of benzene rings is 2. The molecule has 0 spiro atoms. The summed E-state index contributed by atoms with van der Waals surface area (Å²) in [6, 6.07) is 17.0. The Hall–Kier alpha value is -3.46. The smallest absolute Gasteiger partial charge is 0.227 e. The predicted octanol–water partition coefficient (Wildman–Crippen LogP) is 8.40. The fraction of sp³-hybridized carbons (Fsp3) is 0.290. The number of furan rings is 1. The molecule has 172 valence electrons. The summed E-state index contributed by atoms with van der Waals surface area (Å²) in [4.78, 5) is 9.06. The molecule has 1 atom stereocenters. The topological polar surface area (TPSA) is 38.9 Å². The maximum absolute atomic E-state index is 9.05. The summed E-state index contributed by atoms with van der Waals surface area (Å²) in [5.41, 5.74) is 0.910. The van der Waals surface area contributed by atoms with E-state index in [2.05, 4.69) is 9.97 Å². The third kappa shape index (κ3) is 4.11. The number of aromatic nitrogens is 2. The fourth-order valence-electron chi connectivity index (χ4n) is 4.12. The molecule has 0 aliphatic carbocycles. The Morgan fingerprint density at radius 1 is 1.03 bits per heavy atom. The van der Waals surface area contributed by atoms with Crippen molar-refractivity contribution < 1.29 is 16.8 Å². The van der Waals surface area contributed by atoms with Crippen molar-refractivity contribution in [1.82, 2.24) is 9.97 Å². The largest absolute Gasteiger partial charge is 0.437 e. The average Bonchev–Trinajstić information content (AvgIpc) is 3.30. The molecule has 0 radical (unpaired) electrons. The highest BCUT2D eigenvalue weighted by Gasteiger charge is 2.20. The Morgan fingerprint density at radius 3 is 2.56 bits per heavy atom. The van der Waals surface area contributed by atoms with E-state index in [0.29, 0.717) is 22.0 Å². The Kier molecular flexibility index (Phi) is 3.47. The van der Waals surface area contributed by atoms with Crippen LogP contribution in [0.15, 0.2) is 71.3 Å². The van der Waals surface area contributed by atoms with Crippen molar-refractivity contribution in [3.63, 3.8) is 0 Å². The summed E-state index contributed by atoms with van der Waals surface area (Å²) in [5.74, 6) is -1.22. The lowest BCUT2D eigenvalue weighted by atomic mass is 9.86. The number of hydrogen-bond donors (Lipinski definition) is 0. The van der Waals surface area contributed by atoms with Crippen LogP contribution in [-0.2, 0) is 6.37 Å². The van der Waals surface area contributed by atoms with Gasteiger partial charge in [-0.3, -0.25) is 4.98 Å². The first kappa shape index (κ1) is 14.1. The van der Waals surface area contributed by atoms with Gasteiger partial charge >= 0.3 is 0 Å². The Balaban J connectivity index is 1.80. The lowest BCUT2D eigenvalue weighted by Gasteiger charge is -2.20.